The number of amidine groups is 1. The minimum atomic E-state index is 0.528. The van der Waals surface area contributed by atoms with Crippen molar-refractivity contribution in [1.29, 1.82) is 0 Å². The molecule has 2 aliphatic rings. The Kier molecular flexibility index (Phi) is 5.16. The molecule has 3 rings (SSSR count). The van der Waals surface area contributed by atoms with Gasteiger partial charge in [0.1, 0.15) is 0 Å². The minimum Gasteiger partial charge on any atom is -0.333 e. The molecule has 1 saturated carbocycles. The number of fused-ring (bicyclic) bond motifs is 1. The highest BCUT2D eigenvalue weighted by Crippen LogP contribution is 2.38. The fourth-order valence-corrected chi connectivity index (χ4v) is 6.37. The molecule has 0 spiro atoms. The zero-order chi connectivity index (χ0) is 14.1. The summed E-state index contributed by atoms with van der Waals surface area (Å²) in [5.41, 5.74) is 1.05. The van der Waals surface area contributed by atoms with Gasteiger partial charge in [-0.25, -0.2) is 0 Å². The first kappa shape index (κ1) is 15.4. The molecule has 20 heavy (non-hydrogen) atoms. The third kappa shape index (κ3) is 3.45. The molecule has 0 saturated heterocycles. The second-order valence-corrected chi connectivity index (χ2v) is 8.86. The molecular formula is C14H15Br3N2S. The molecule has 2 nitrogen and oxygen atoms in total. The molecule has 1 aliphatic carbocycles. The molecule has 1 aliphatic heterocycles. The summed E-state index contributed by atoms with van der Waals surface area (Å²) < 4.78 is 3.12. The lowest BCUT2D eigenvalue weighted by Gasteiger charge is -2.33. The first-order chi connectivity index (χ1) is 9.63. The maximum atomic E-state index is 4.92. The molecule has 1 aromatic carbocycles. The van der Waals surface area contributed by atoms with E-state index in [1.54, 1.807) is 0 Å². The maximum absolute atomic E-state index is 4.92. The van der Waals surface area contributed by atoms with Gasteiger partial charge in [-0.1, -0.05) is 40.5 Å². The van der Waals surface area contributed by atoms with Crippen molar-refractivity contribution in [2.75, 3.05) is 11.1 Å². The van der Waals surface area contributed by atoms with Crippen LogP contribution >= 0.6 is 59.6 Å². The van der Waals surface area contributed by atoms with Crippen molar-refractivity contribution in [2.24, 2.45) is 10.9 Å². The predicted octanol–water partition coefficient (Wildman–Crippen LogP) is 6.05. The number of nitrogens with one attached hydrogen (secondary N) is 1. The van der Waals surface area contributed by atoms with Crippen LogP contribution in [0.15, 0.2) is 30.5 Å². The number of aliphatic imine (C=N–C) groups is 1. The second kappa shape index (κ2) is 6.71. The summed E-state index contributed by atoms with van der Waals surface area (Å²) in [6.45, 7) is 0. The average molecular weight is 483 g/mol. The van der Waals surface area contributed by atoms with Crippen LogP contribution in [-0.4, -0.2) is 17.0 Å². The molecule has 0 aromatic heterocycles. The lowest BCUT2D eigenvalue weighted by Crippen LogP contribution is -2.31. The summed E-state index contributed by atoms with van der Waals surface area (Å²) >= 11 is 12.6. The number of hydrogen-bond donors (Lipinski definition) is 1. The van der Waals surface area contributed by atoms with E-state index in [0.717, 1.165) is 30.2 Å². The van der Waals surface area contributed by atoms with Gasteiger partial charge >= 0.3 is 0 Å². The Labute approximate surface area is 149 Å². The van der Waals surface area contributed by atoms with Gasteiger partial charge < -0.3 is 5.32 Å². The van der Waals surface area contributed by atoms with E-state index in [0.29, 0.717) is 6.04 Å². The molecule has 1 aromatic rings. The van der Waals surface area contributed by atoms with Crippen molar-refractivity contribution in [1.82, 2.24) is 0 Å². The third-order valence-electron chi connectivity index (χ3n) is 3.82. The number of anilines is 1. The maximum Gasteiger partial charge on any atom is 0.161 e. The van der Waals surface area contributed by atoms with Crippen LogP contribution < -0.4 is 5.32 Å². The van der Waals surface area contributed by atoms with Gasteiger partial charge in [0.05, 0.1) is 11.7 Å². The van der Waals surface area contributed by atoms with E-state index < -0.39 is 0 Å². The highest BCUT2D eigenvalue weighted by atomic mass is 79.9. The van der Waals surface area contributed by atoms with Crippen LogP contribution in [0.4, 0.5) is 5.69 Å². The zero-order valence-electron chi connectivity index (χ0n) is 10.8. The smallest absolute Gasteiger partial charge is 0.161 e. The average Bonchev–Trinajstić information content (AvgIpc) is 2.42. The van der Waals surface area contributed by atoms with Crippen molar-refractivity contribution in [3.8, 4) is 0 Å². The predicted molar refractivity (Wildman–Crippen MR) is 98.8 cm³/mol. The molecule has 108 valence electrons. The fourth-order valence-electron chi connectivity index (χ4n) is 2.76. The minimum absolute atomic E-state index is 0.528. The standard InChI is InChI=1S/C14H15Br3N2S/c15-9-5-10(16)13(11(17)6-9)19-14-18-12-4-2-1-3-8(12)7-20-14/h5-6,8,12H,1-4,7H2,(H,18,19). The van der Waals surface area contributed by atoms with E-state index >= 15 is 0 Å². The number of benzene rings is 1. The summed E-state index contributed by atoms with van der Waals surface area (Å²) in [6, 6.07) is 4.62. The molecule has 1 N–H and O–H groups in total. The van der Waals surface area contributed by atoms with Crippen LogP contribution in [-0.2, 0) is 0 Å². The summed E-state index contributed by atoms with van der Waals surface area (Å²) in [5, 5.41) is 4.53. The Hall–Kier alpha value is 0.480. The lowest BCUT2D eigenvalue weighted by molar-refractivity contribution is 0.336. The first-order valence-electron chi connectivity index (χ1n) is 6.75. The highest BCUT2D eigenvalue weighted by Gasteiger charge is 2.29. The van der Waals surface area contributed by atoms with Gasteiger partial charge in [0.2, 0.25) is 0 Å². The van der Waals surface area contributed by atoms with Crippen LogP contribution in [0, 0.1) is 5.92 Å². The van der Waals surface area contributed by atoms with Crippen molar-refractivity contribution in [3.05, 3.63) is 25.6 Å². The topological polar surface area (TPSA) is 24.4 Å². The normalized spacial score (nSPS) is 25.9. The first-order valence-corrected chi connectivity index (χ1v) is 10.1. The van der Waals surface area contributed by atoms with E-state index in [4.69, 9.17) is 4.99 Å². The summed E-state index contributed by atoms with van der Waals surface area (Å²) in [4.78, 5) is 4.92. The van der Waals surface area contributed by atoms with E-state index in [2.05, 4.69) is 53.1 Å². The SMILES string of the molecule is Brc1cc(Br)c(NC2=NC3CCCCC3CS2)c(Br)c1. The summed E-state index contributed by atoms with van der Waals surface area (Å²) in [5.74, 6) is 1.98. The van der Waals surface area contributed by atoms with Crippen molar-refractivity contribution >= 4 is 70.4 Å². The van der Waals surface area contributed by atoms with Crippen LogP contribution in [0.5, 0.6) is 0 Å². The van der Waals surface area contributed by atoms with Gasteiger partial charge in [-0.05, 0) is 62.8 Å². The number of halogens is 3. The van der Waals surface area contributed by atoms with E-state index in [-0.39, 0.29) is 0 Å². The van der Waals surface area contributed by atoms with Gasteiger partial charge in [-0.15, -0.1) is 0 Å². The number of thioether (sulfide) groups is 1. The fraction of sp³-hybridized carbons (Fsp3) is 0.500. The van der Waals surface area contributed by atoms with Crippen molar-refractivity contribution < 1.29 is 0 Å². The van der Waals surface area contributed by atoms with Gasteiger partial charge in [0.25, 0.3) is 0 Å². The Morgan fingerprint density at radius 1 is 1.10 bits per heavy atom. The van der Waals surface area contributed by atoms with Gasteiger partial charge in [-0.2, -0.15) is 0 Å². The van der Waals surface area contributed by atoms with E-state index in [1.807, 2.05) is 23.9 Å². The van der Waals surface area contributed by atoms with Crippen LogP contribution in [0.3, 0.4) is 0 Å². The lowest BCUT2D eigenvalue weighted by atomic mass is 9.86. The third-order valence-corrected chi connectivity index (χ3v) is 6.61. The van der Waals surface area contributed by atoms with Crippen LogP contribution in [0.2, 0.25) is 0 Å². The summed E-state index contributed by atoms with van der Waals surface area (Å²) in [7, 11) is 0. The molecule has 1 fully saturated rings. The molecule has 6 heteroatoms. The van der Waals surface area contributed by atoms with Gasteiger partial charge in [0, 0.05) is 19.2 Å². The Bertz CT molecular complexity index is 524. The van der Waals surface area contributed by atoms with E-state index in [9.17, 15) is 0 Å². The Balaban J connectivity index is 1.80. The van der Waals surface area contributed by atoms with Gasteiger partial charge in [0.15, 0.2) is 5.17 Å². The molecule has 1 heterocycles. The van der Waals surface area contributed by atoms with Crippen LogP contribution in [0.1, 0.15) is 25.7 Å². The van der Waals surface area contributed by atoms with Gasteiger partial charge in [-0.3, -0.25) is 4.99 Å². The monoisotopic (exact) mass is 480 g/mol. The Morgan fingerprint density at radius 3 is 2.55 bits per heavy atom. The molecule has 2 atom stereocenters. The molecular weight excluding hydrogens is 468 g/mol. The Morgan fingerprint density at radius 2 is 1.80 bits per heavy atom. The van der Waals surface area contributed by atoms with Crippen molar-refractivity contribution in [2.45, 2.75) is 31.7 Å². The molecule has 0 amide bonds. The zero-order valence-corrected chi connectivity index (χ0v) is 16.4. The molecule has 0 radical (unpaired) electrons. The number of nitrogens with zero attached hydrogens (tertiary/aromatic N) is 1. The summed E-state index contributed by atoms with van der Waals surface area (Å²) in [6.07, 6.45) is 5.30. The molecule has 2 unspecified atom stereocenters. The largest absolute Gasteiger partial charge is 0.333 e. The quantitative estimate of drug-likeness (QED) is 0.527. The number of rotatable bonds is 1. The highest BCUT2D eigenvalue weighted by molar-refractivity contribution is 9.11. The molecule has 0 bridgehead atoms. The number of hydrogen-bond acceptors (Lipinski definition) is 3. The van der Waals surface area contributed by atoms with Crippen molar-refractivity contribution in [3.63, 3.8) is 0 Å². The van der Waals surface area contributed by atoms with E-state index in [1.165, 1.54) is 31.4 Å². The second-order valence-electron chi connectivity index (χ2n) is 5.23. The van der Waals surface area contributed by atoms with Crippen LogP contribution in [0.25, 0.3) is 0 Å².